The van der Waals surface area contributed by atoms with Crippen LogP contribution in [-0.4, -0.2) is 16.7 Å². The number of ether oxygens (including phenoxy) is 1. The van der Waals surface area contributed by atoms with Gasteiger partial charge in [0.15, 0.2) is 5.78 Å². The number of carbonyl (C=O) groups excluding carboxylic acids is 2. The number of ketones is 1. The number of hydrogen-bond donors (Lipinski definition) is 1. The zero-order chi connectivity index (χ0) is 19.4. The molecule has 0 aliphatic heterocycles. The van der Waals surface area contributed by atoms with Crippen LogP contribution < -0.4 is 10.5 Å². The zero-order valence-electron chi connectivity index (χ0n) is 14.8. The van der Waals surface area contributed by atoms with Crippen molar-refractivity contribution in [3.63, 3.8) is 0 Å². The summed E-state index contributed by atoms with van der Waals surface area (Å²) in [7, 11) is 0. The topological polar surface area (TPSA) is 69.4 Å². The van der Waals surface area contributed by atoms with Crippen LogP contribution in [0.15, 0.2) is 66.8 Å². The van der Waals surface area contributed by atoms with Gasteiger partial charge in [-0.3, -0.25) is 9.59 Å². The van der Waals surface area contributed by atoms with Gasteiger partial charge in [0, 0.05) is 12.0 Å². The van der Waals surface area contributed by atoms with E-state index in [9.17, 15) is 9.59 Å². The van der Waals surface area contributed by atoms with Gasteiger partial charge in [0.05, 0.1) is 5.92 Å². The highest BCUT2D eigenvalue weighted by atomic mass is 32.1. The van der Waals surface area contributed by atoms with E-state index in [0.717, 1.165) is 16.7 Å². The minimum atomic E-state index is -0.469. The summed E-state index contributed by atoms with van der Waals surface area (Å²) in [5, 5.41) is 0. The molecule has 1 unspecified atom stereocenters. The molecule has 2 N–H and O–H groups in total. The molecule has 0 saturated carbocycles. The summed E-state index contributed by atoms with van der Waals surface area (Å²) < 4.78 is 5.51. The summed E-state index contributed by atoms with van der Waals surface area (Å²) in [6.45, 7) is 1.81. The summed E-state index contributed by atoms with van der Waals surface area (Å²) in [6, 6.07) is 14.4. The monoisotopic (exact) mass is 377 g/mol. The summed E-state index contributed by atoms with van der Waals surface area (Å²) in [4.78, 5) is 24.4. The molecule has 1 aliphatic rings. The van der Waals surface area contributed by atoms with Gasteiger partial charge in [-0.1, -0.05) is 48.6 Å². The third kappa shape index (κ3) is 4.38. The Morgan fingerprint density at radius 2 is 1.81 bits per heavy atom. The molecule has 3 rings (SSSR count). The van der Waals surface area contributed by atoms with Crippen LogP contribution in [0.1, 0.15) is 36.0 Å². The van der Waals surface area contributed by atoms with Gasteiger partial charge in [-0.25, -0.2) is 0 Å². The van der Waals surface area contributed by atoms with Gasteiger partial charge in [0.25, 0.3) is 0 Å². The number of thiocarbonyl (C=S) groups is 1. The molecule has 5 heteroatoms. The van der Waals surface area contributed by atoms with Crippen LogP contribution in [0.5, 0.6) is 5.75 Å². The molecular weight excluding hydrogens is 358 g/mol. The van der Waals surface area contributed by atoms with Crippen molar-refractivity contribution in [3.05, 3.63) is 83.4 Å². The van der Waals surface area contributed by atoms with E-state index in [-0.39, 0.29) is 11.8 Å². The van der Waals surface area contributed by atoms with Crippen molar-refractivity contribution < 1.29 is 14.3 Å². The first-order chi connectivity index (χ1) is 13.0. The Labute approximate surface area is 163 Å². The predicted molar refractivity (Wildman–Crippen MR) is 110 cm³/mol. The molecule has 4 nitrogen and oxygen atoms in total. The van der Waals surface area contributed by atoms with E-state index in [1.807, 2.05) is 37.3 Å². The average Bonchev–Trinajstić information content (AvgIpc) is 2.68. The Balaban J connectivity index is 1.80. The fourth-order valence-corrected chi connectivity index (χ4v) is 3.02. The van der Waals surface area contributed by atoms with Gasteiger partial charge in [0.2, 0.25) is 0 Å². The third-order valence-corrected chi connectivity index (χ3v) is 4.66. The third-order valence-electron chi connectivity index (χ3n) is 4.42. The maximum absolute atomic E-state index is 12.7. The van der Waals surface area contributed by atoms with Crippen molar-refractivity contribution in [1.82, 2.24) is 0 Å². The Hall–Kier alpha value is -3.05. The molecule has 2 aromatic rings. The number of rotatable bonds is 5. The molecule has 0 radical (unpaired) electrons. The number of nitrogens with two attached hydrogens (primary N) is 1. The van der Waals surface area contributed by atoms with Crippen molar-refractivity contribution in [1.29, 1.82) is 0 Å². The van der Waals surface area contributed by atoms with Crippen molar-refractivity contribution in [2.45, 2.75) is 19.3 Å². The first kappa shape index (κ1) is 18.7. The number of esters is 1. The molecular formula is C22H19NO3S. The Bertz CT molecular complexity index is 958. The lowest BCUT2D eigenvalue weighted by atomic mass is 9.89. The Morgan fingerprint density at radius 3 is 2.44 bits per heavy atom. The molecule has 1 atom stereocenters. The molecule has 0 spiro atoms. The second-order valence-corrected chi connectivity index (χ2v) is 6.72. The standard InChI is InChI=1S/C22H19NO3S/c1-14(22(25)26-18-12-8-16(9-13-18)21(23)27)19-4-2-3-5-20(19)15-6-10-17(24)11-7-15/h2-10,12-14H,11H2,1H3,(H2,23,27). The lowest BCUT2D eigenvalue weighted by Crippen LogP contribution is -2.17. The molecule has 0 bridgehead atoms. The Morgan fingerprint density at radius 1 is 1.11 bits per heavy atom. The summed E-state index contributed by atoms with van der Waals surface area (Å²) in [6.07, 6.45) is 5.61. The zero-order valence-corrected chi connectivity index (χ0v) is 15.7. The minimum absolute atomic E-state index is 0.0732. The van der Waals surface area contributed by atoms with Crippen molar-refractivity contribution >= 4 is 34.5 Å². The first-order valence-electron chi connectivity index (χ1n) is 8.57. The lowest BCUT2D eigenvalue weighted by molar-refractivity contribution is -0.135. The van der Waals surface area contributed by atoms with Crippen LogP contribution in [-0.2, 0) is 9.59 Å². The van der Waals surface area contributed by atoms with Gasteiger partial charge in [0.1, 0.15) is 10.7 Å². The van der Waals surface area contributed by atoms with Crippen molar-refractivity contribution in [3.8, 4) is 5.75 Å². The largest absolute Gasteiger partial charge is 0.426 e. The molecule has 2 aromatic carbocycles. The van der Waals surface area contributed by atoms with Crippen LogP contribution in [0.2, 0.25) is 0 Å². The van der Waals surface area contributed by atoms with Crippen LogP contribution in [0, 0.1) is 0 Å². The van der Waals surface area contributed by atoms with Gasteiger partial charge in [-0.05, 0) is 54.0 Å². The molecule has 0 aromatic heterocycles. The van der Waals surface area contributed by atoms with Crippen molar-refractivity contribution in [2.75, 3.05) is 0 Å². The van der Waals surface area contributed by atoms with Gasteiger partial charge in [-0.15, -0.1) is 0 Å². The molecule has 27 heavy (non-hydrogen) atoms. The van der Waals surface area contributed by atoms with E-state index in [0.29, 0.717) is 22.7 Å². The molecule has 0 amide bonds. The number of benzene rings is 2. The number of hydrogen-bond acceptors (Lipinski definition) is 4. The molecule has 0 saturated heterocycles. The van der Waals surface area contributed by atoms with Crippen molar-refractivity contribution in [2.24, 2.45) is 5.73 Å². The molecule has 0 fully saturated rings. The minimum Gasteiger partial charge on any atom is -0.426 e. The normalized spacial score (nSPS) is 14.4. The fraction of sp³-hybridized carbons (Fsp3) is 0.136. The summed E-state index contributed by atoms with van der Waals surface area (Å²) in [5.74, 6) is -0.318. The molecule has 136 valence electrons. The van der Waals surface area contributed by atoms with E-state index in [1.165, 1.54) is 0 Å². The Kier molecular flexibility index (Phi) is 5.62. The highest BCUT2D eigenvalue weighted by molar-refractivity contribution is 7.80. The second-order valence-electron chi connectivity index (χ2n) is 6.28. The van der Waals surface area contributed by atoms with E-state index in [4.69, 9.17) is 22.7 Å². The summed E-state index contributed by atoms with van der Waals surface area (Å²) >= 11 is 4.92. The SMILES string of the molecule is CC(C(=O)Oc1ccc(C(N)=S)cc1)c1ccccc1C1=CCC(=O)C=C1. The maximum atomic E-state index is 12.7. The highest BCUT2D eigenvalue weighted by Gasteiger charge is 2.22. The van der Waals surface area contributed by atoms with Crippen LogP contribution in [0.3, 0.4) is 0 Å². The average molecular weight is 377 g/mol. The summed E-state index contributed by atoms with van der Waals surface area (Å²) in [5.41, 5.74) is 9.01. The quantitative estimate of drug-likeness (QED) is 0.485. The smallest absolute Gasteiger partial charge is 0.318 e. The maximum Gasteiger partial charge on any atom is 0.318 e. The number of allylic oxidation sites excluding steroid dienone is 4. The van der Waals surface area contributed by atoms with E-state index >= 15 is 0 Å². The van der Waals surface area contributed by atoms with Crippen LogP contribution >= 0.6 is 12.2 Å². The highest BCUT2D eigenvalue weighted by Crippen LogP contribution is 2.29. The first-order valence-corrected chi connectivity index (χ1v) is 8.98. The molecule has 1 aliphatic carbocycles. The fourth-order valence-electron chi connectivity index (χ4n) is 2.89. The van der Waals surface area contributed by atoms with Gasteiger partial charge in [-0.2, -0.15) is 0 Å². The van der Waals surface area contributed by atoms with E-state index in [1.54, 1.807) is 36.4 Å². The van der Waals surface area contributed by atoms with Crippen LogP contribution in [0.4, 0.5) is 0 Å². The molecule has 0 heterocycles. The van der Waals surface area contributed by atoms with Gasteiger partial charge < -0.3 is 10.5 Å². The number of carbonyl (C=O) groups is 2. The predicted octanol–water partition coefficient (Wildman–Crippen LogP) is 3.94. The van der Waals surface area contributed by atoms with E-state index in [2.05, 4.69) is 0 Å². The van der Waals surface area contributed by atoms with Crippen LogP contribution in [0.25, 0.3) is 5.57 Å². The second kappa shape index (κ2) is 8.10. The van der Waals surface area contributed by atoms with E-state index < -0.39 is 5.92 Å². The lowest BCUT2D eigenvalue weighted by Gasteiger charge is -2.17. The van der Waals surface area contributed by atoms with Gasteiger partial charge >= 0.3 is 5.97 Å².